The predicted molar refractivity (Wildman–Crippen MR) is 54.8 cm³/mol. The van der Waals surface area contributed by atoms with E-state index in [-0.39, 0.29) is 0 Å². The fourth-order valence-corrected chi connectivity index (χ4v) is 1.00. The van der Waals surface area contributed by atoms with Gasteiger partial charge in [0.25, 0.3) is 0 Å². The maximum Gasteiger partial charge on any atom is 0.226 e. The standard InChI is InChI=1S/C8H13ClN4/c1-5(2)4-11-8-12-6(9)3-7(10)13-8/h3,5H,4H2,1-2H3,(H3,10,11,12,13). The maximum absolute atomic E-state index is 5.69. The van der Waals surface area contributed by atoms with Crippen LogP contribution >= 0.6 is 11.6 Å². The highest BCUT2D eigenvalue weighted by Crippen LogP contribution is 2.11. The molecule has 0 radical (unpaired) electrons. The van der Waals surface area contributed by atoms with Crippen LogP contribution in [0.25, 0.3) is 0 Å². The summed E-state index contributed by atoms with van der Waals surface area (Å²) in [6, 6.07) is 1.52. The van der Waals surface area contributed by atoms with Crippen molar-refractivity contribution in [3.05, 3.63) is 11.2 Å². The van der Waals surface area contributed by atoms with Crippen LogP contribution in [0.5, 0.6) is 0 Å². The Morgan fingerprint density at radius 3 is 2.77 bits per heavy atom. The van der Waals surface area contributed by atoms with E-state index in [1.54, 1.807) is 0 Å². The van der Waals surface area contributed by atoms with Gasteiger partial charge in [-0.15, -0.1) is 0 Å². The van der Waals surface area contributed by atoms with Gasteiger partial charge in [0.15, 0.2) is 0 Å². The third kappa shape index (κ3) is 3.46. The molecule has 0 saturated heterocycles. The summed E-state index contributed by atoms with van der Waals surface area (Å²) in [7, 11) is 0. The normalized spacial score (nSPS) is 10.5. The number of nitrogens with one attached hydrogen (secondary N) is 1. The van der Waals surface area contributed by atoms with E-state index in [4.69, 9.17) is 17.3 Å². The molecule has 0 spiro atoms. The zero-order valence-corrected chi connectivity index (χ0v) is 8.47. The van der Waals surface area contributed by atoms with Crippen LogP contribution in [0.4, 0.5) is 11.8 Å². The first-order chi connectivity index (χ1) is 6.08. The minimum atomic E-state index is 0.360. The van der Waals surface area contributed by atoms with Gasteiger partial charge < -0.3 is 11.1 Å². The number of halogens is 1. The van der Waals surface area contributed by atoms with Crippen molar-refractivity contribution in [2.24, 2.45) is 5.92 Å². The van der Waals surface area contributed by atoms with Crippen molar-refractivity contribution >= 4 is 23.4 Å². The zero-order valence-electron chi connectivity index (χ0n) is 7.71. The summed E-state index contributed by atoms with van der Waals surface area (Å²) in [5.74, 6) is 1.40. The van der Waals surface area contributed by atoms with Gasteiger partial charge in [-0.25, -0.2) is 4.98 Å². The van der Waals surface area contributed by atoms with E-state index in [0.29, 0.717) is 22.8 Å². The summed E-state index contributed by atoms with van der Waals surface area (Å²) in [6.07, 6.45) is 0. The summed E-state index contributed by atoms with van der Waals surface area (Å²) in [5, 5.41) is 3.40. The summed E-state index contributed by atoms with van der Waals surface area (Å²) in [6.45, 7) is 5.00. The molecule has 0 aromatic carbocycles. The van der Waals surface area contributed by atoms with Gasteiger partial charge in [0.1, 0.15) is 11.0 Å². The maximum atomic E-state index is 5.69. The van der Waals surface area contributed by atoms with Gasteiger partial charge >= 0.3 is 0 Å². The Hall–Kier alpha value is -1.03. The Kier molecular flexibility index (Phi) is 3.31. The minimum Gasteiger partial charge on any atom is -0.383 e. The Labute approximate surface area is 82.5 Å². The molecule has 1 aromatic rings. The van der Waals surface area contributed by atoms with E-state index < -0.39 is 0 Å². The highest BCUT2D eigenvalue weighted by molar-refractivity contribution is 6.29. The summed E-state index contributed by atoms with van der Waals surface area (Å²) < 4.78 is 0. The molecule has 13 heavy (non-hydrogen) atoms. The van der Waals surface area contributed by atoms with E-state index in [2.05, 4.69) is 29.1 Å². The zero-order chi connectivity index (χ0) is 9.84. The van der Waals surface area contributed by atoms with Crippen LogP contribution in [-0.2, 0) is 0 Å². The quantitative estimate of drug-likeness (QED) is 0.731. The second-order valence-electron chi connectivity index (χ2n) is 3.21. The molecule has 0 fully saturated rings. The molecule has 1 rings (SSSR count). The first-order valence-corrected chi connectivity index (χ1v) is 4.49. The molecule has 5 heteroatoms. The number of anilines is 2. The lowest BCUT2D eigenvalue weighted by molar-refractivity contribution is 0.684. The fourth-order valence-electron chi connectivity index (χ4n) is 0.810. The molecule has 0 atom stereocenters. The average Bonchev–Trinajstić information content (AvgIpc) is 1.99. The fraction of sp³-hybridized carbons (Fsp3) is 0.500. The molecule has 3 N–H and O–H groups in total. The highest BCUT2D eigenvalue weighted by atomic mass is 35.5. The van der Waals surface area contributed by atoms with E-state index in [1.165, 1.54) is 6.07 Å². The summed E-state index contributed by atoms with van der Waals surface area (Å²) >= 11 is 5.69. The largest absolute Gasteiger partial charge is 0.383 e. The smallest absolute Gasteiger partial charge is 0.226 e. The molecule has 72 valence electrons. The third-order valence-electron chi connectivity index (χ3n) is 1.38. The molecule has 0 amide bonds. The van der Waals surface area contributed by atoms with Crippen molar-refractivity contribution in [3.8, 4) is 0 Å². The molecule has 0 aliphatic rings. The van der Waals surface area contributed by atoms with Crippen LogP contribution in [0.1, 0.15) is 13.8 Å². The molecule has 0 bridgehead atoms. The van der Waals surface area contributed by atoms with Crippen molar-refractivity contribution < 1.29 is 0 Å². The van der Waals surface area contributed by atoms with Crippen LogP contribution in [0.3, 0.4) is 0 Å². The lowest BCUT2D eigenvalue weighted by Crippen LogP contribution is -2.11. The van der Waals surface area contributed by atoms with Gasteiger partial charge in [-0.3, -0.25) is 0 Å². The number of nitrogens with zero attached hydrogens (tertiary/aromatic N) is 2. The highest BCUT2D eigenvalue weighted by Gasteiger charge is 2.00. The second-order valence-corrected chi connectivity index (χ2v) is 3.60. The number of rotatable bonds is 3. The van der Waals surface area contributed by atoms with E-state index in [1.807, 2.05) is 0 Å². The number of nitrogens with two attached hydrogens (primary N) is 1. The topological polar surface area (TPSA) is 63.8 Å². The predicted octanol–water partition coefficient (Wildman–Crippen LogP) is 1.78. The lowest BCUT2D eigenvalue weighted by atomic mass is 10.2. The number of hydrogen-bond donors (Lipinski definition) is 2. The van der Waals surface area contributed by atoms with Gasteiger partial charge in [-0.2, -0.15) is 4.98 Å². The van der Waals surface area contributed by atoms with Gasteiger partial charge in [-0.1, -0.05) is 25.4 Å². The molecule has 4 nitrogen and oxygen atoms in total. The Morgan fingerprint density at radius 2 is 2.23 bits per heavy atom. The third-order valence-corrected chi connectivity index (χ3v) is 1.58. The van der Waals surface area contributed by atoms with Crippen LogP contribution < -0.4 is 11.1 Å². The van der Waals surface area contributed by atoms with Gasteiger partial charge in [0.05, 0.1) is 0 Å². The second kappa shape index (κ2) is 4.28. The SMILES string of the molecule is CC(C)CNc1nc(N)cc(Cl)n1. The Bertz CT molecular complexity index is 267. The van der Waals surface area contributed by atoms with E-state index in [0.717, 1.165) is 6.54 Å². The van der Waals surface area contributed by atoms with Gasteiger partial charge in [0.2, 0.25) is 5.95 Å². The molecule has 0 saturated carbocycles. The Balaban J connectivity index is 2.66. The molecular weight excluding hydrogens is 188 g/mol. The molecular formula is C8H13ClN4. The summed E-state index contributed by atoms with van der Waals surface area (Å²) in [5.41, 5.74) is 5.49. The number of nitrogen functional groups attached to an aromatic ring is 1. The van der Waals surface area contributed by atoms with E-state index >= 15 is 0 Å². The van der Waals surface area contributed by atoms with Crippen LogP contribution in [0.15, 0.2) is 6.07 Å². The van der Waals surface area contributed by atoms with Gasteiger partial charge in [-0.05, 0) is 5.92 Å². The van der Waals surface area contributed by atoms with Crippen LogP contribution in [0, 0.1) is 5.92 Å². The lowest BCUT2D eigenvalue weighted by Gasteiger charge is -2.07. The van der Waals surface area contributed by atoms with E-state index in [9.17, 15) is 0 Å². The molecule has 0 unspecified atom stereocenters. The number of aromatic nitrogens is 2. The molecule has 1 aromatic heterocycles. The van der Waals surface area contributed by atoms with Crippen molar-refractivity contribution in [3.63, 3.8) is 0 Å². The number of hydrogen-bond acceptors (Lipinski definition) is 4. The van der Waals surface area contributed by atoms with Crippen LogP contribution in [-0.4, -0.2) is 16.5 Å². The first kappa shape index (κ1) is 10.1. The molecule has 0 aliphatic heterocycles. The van der Waals surface area contributed by atoms with Crippen LogP contribution in [0.2, 0.25) is 5.15 Å². The van der Waals surface area contributed by atoms with Crippen molar-refractivity contribution in [2.45, 2.75) is 13.8 Å². The summed E-state index contributed by atoms with van der Waals surface area (Å²) in [4.78, 5) is 7.95. The van der Waals surface area contributed by atoms with Crippen molar-refractivity contribution in [1.82, 2.24) is 9.97 Å². The average molecular weight is 201 g/mol. The monoisotopic (exact) mass is 200 g/mol. The molecule has 1 heterocycles. The first-order valence-electron chi connectivity index (χ1n) is 4.12. The van der Waals surface area contributed by atoms with Gasteiger partial charge in [0, 0.05) is 12.6 Å². The molecule has 0 aliphatic carbocycles. The minimum absolute atomic E-state index is 0.360. The van der Waals surface area contributed by atoms with Crippen molar-refractivity contribution in [1.29, 1.82) is 0 Å². The van der Waals surface area contributed by atoms with Crippen molar-refractivity contribution in [2.75, 3.05) is 17.6 Å². The Morgan fingerprint density at radius 1 is 1.54 bits per heavy atom.